The summed E-state index contributed by atoms with van der Waals surface area (Å²) in [6, 6.07) is 14.6. The number of aryl methyl sites for hydroxylation is 1. The van der Waals surface area contributed by atoms with E-state index in [0.29, 0.717) is 6.54 Å². The predicted molar refractivity (Wildman–Crippen MR) is 119 cm³/mol. The van der Waals surface area contributed by atoms with Gasteiger partial charge in [-0.05, 0) is 49.1 Å². The SMILES string of the molecule is CN(C)c1ccccc1Cn1nc(-c2ccncc2)nc1-c1ccn2c1CCCC2. The van der Waals surface area contributed by atoms with Gasteiger partial charge in [0.25, 0.3) is 0 Å². The molecule has 0 spiro atoms. The van der Waals surface area contributed by atoms with Crippen molar-refractivity contribution in [2.75, 3.05) is 19.0 Å². The molecule has 30 heavy (non-hydrogen) atoms. The smallest absolute Gasteiger partial charge is 0.181 e. The summed E-state index contributed by atoms with van der Waals surface area (Å²) in [4.78, 5) is 11.3. The van der Waals surface area contributed by atoms with Crippen LogP contribution in [0.15, 0.2) is 61.1 Å². The van der Waals surface area contributed by atoms with Gasteiger partial charge in [-0.1, -0.05) is 18.2 Å². The first-order valence-electron chi connectivity index (χ1n) is 10.5. The lowest BCUT2D eigenvalue weighted by Crippen LogP contribution is -2.14. The van der Waals surface area contributed by atoms with Gasteiger partial charge in [-0.15, -0.1) is 0 Å². The third-order valence-corrected chi connectivity index (χ3v) is 5.79. The van der Waals surface area contributed by atoms with Crippen LogP contribution >= 0.6 is 0 Å². The number of nitrogens with zero attached hydrogens (tertiary/aromatic N) is 6. The Morgan fingerprint density at radius 3 is 2.67 bits per heavy atom. The van der Waals surface area contributed by atoms with Gasteiger partial charge >= 0.3 is 0 Å². The average Bonchev–Trinajstić information content (AvgIpc) is 3.39. The molecule has 0 saturated carbocycles. The third kappa shape index (κ3) is 3.38. The number of anilines is 1. The zero-order valence-electron chi connectivity index (χ0n) is 17.5. The summed E-state index contributed by atoms with van der Waals surface area (Å²) in [6.45, 7) is 1.76. The van der Waals surface area contributed by atoms with E-state index in [9.17, 15) is 0 Å². The van der Waals surface area contributed by atoms with E-state index in [0.717, 1.165) is 30.2 Å². The summed E-state index contributed by atoms with van der Waals surface area (Å²) < 4.78 is 4.43. The first-order valence-corrected chi connectivity index (χ1v) is 10.5. The van der Waals surface area contributed by atoms with Gasteiger partial charge in [0.05, 0.1) is 6.54 Å². The fraction of sp³-hybridized carbons (Fsp3) is 0.292. The van der Waals surface area contributed by atoms with Crippen molar-refractivity contribution >= 4 is 5.69 Å². The van der Waals surface area contributed by atoms with E-state index >= 15 is 0 Å². The highest BCUT2D eigenvalue weighted by molar-refractivity contribution is 5.64. The second-order valence-corrected chi connectivity index (χ2v) is 8.00. The highest BCUT2D eigenvalue weighted by Crippen LogP contribution is 2.31. The van der Waals surface area contributed by atoms with Crippen molar-refractivity contribution in [1.82, 2.24) is 24.3 Å². The Morgan fingerprint density at radius 2 is 1.83 bits per heavy atom. The van der Waals surface area contributed by atoms with Crippen LogP contribution in [0.25, 0.3) is 22.8 Å². The summed E-state index contributed by atoms with van der Waals surface area (Å²) in [5, 5.41) is 4.93. The Hall–Kier alpha value is -3.41. The molecule has 3 aromatic heterocycles. The van der Waals surface area contributed by atoms with Gasteiger partial charge in [0.2, 0.25) is 0 Å². The van der Waals surface area contributed by atoms with Crippen molar-refractivity contribution < 1.29 is 0 Å². The molecule has 0 unspecified atom stereocenters. The molecule has 0 saturated heterocycles. The van der Waals surface area contributed by atoms with E-state index in [2.05, 4.69) is 69.8 Å². The lowest BCUT2D eigenvalue weighted by atomic mass is 10.1. The van der Waals surface area contributed by atoms with Crippen molar-refractivity contribution in [1.29, 1.82) is 0 Å². The Bertz CT molecular complexity index is 1160. The van der Waals surface area contributed by atoms with Crippen molar-refractivity contribution in [3.8, 4) is 22.8 Å². The van der Waals surface area contributed by atoms with Gasteiger partial charge in [-0.25, -0.2) is 9.67 Å². The normalized spacial score (nSPS) is 13.3. The molecule has 4 aromatic rings. The zero-order chi connectivity index (χ0) is 20.5. The quantitative estimate of drug-likeness (QED) is 0.504. The monoisotopic (exact) mass is 398 g/mol. The van der Waals surface area contributed by atoms with Crippen molar-refractivity contribution in [3.63, 3.8) is 0 Å². The maximum absolute atomic E-state index is 5.00. The number of para-hydroxylation sites is 1. The maximum Gasteiger partial charge on any atom is 0.181 e. The average molecular weight is 399 g/mol. The minimum Gasteiger partial charge on any atom is -0.377 e. The van der Waals surface area contributed by atoms with Crippen LogP contribution in [0, 0.1) is 0 Å². The maximum atomic E-state index is 5.00. The summed E-state index contributed by atoms with van der Waals surface area (Å²) in [6.07, 6.45) is 9.34. The zero-order valence-corrected chi connectivity index (χ0v) is 17.5. The number of pyridine rings is 1. The van der Waals surface area contributed by atoms with Gasteiger partial charge in [-0.2, -0.15) is 5.10 Å². The number of fused-ring (bicyclic) bond motifs is 1. The number of aromatic nitrogens is 5. The van der Waals surface area contributed by atoms with E-state index in [1.54, 1.807) is 12.4 Å². The summed E-state index contributed by atoms with van der Waals surface area (Å²) >= 11 is 0. The Morgan fingerprint density at radius 1 is 1.00 bits per heavy atom. The van der Waals surface area contributed by atoms with Crippen molar-refractivity contribution in [2.45, 2.75) is 32.4 Å². The van der Waals surface area contributed by atoms with E-state index in [-0.39, 0.29) is 0 Å². The molecule has 0 amide bonds. The molecule has 0 radical (unpaired) electrons. The molecule has 0 N–H and O–H groups in total. The lowest BCUT2D eigenvalue weighted by Gasteiger charge is -2.18. The molecule has 1 aliphatic heterocycles. The van der Waals surface area contributed by atoms with Gasteiger partial charge in [-0.3, -0.25) is 4.98 Å². The molecular weight excluding hydrogens is 372 g/mol. The van der Waals surface area contributed by atoms with Crippen molar-refractivity contribution in [2.24, 2.45) is 0 Å². The van der Waals surface area contributed by atoms with Gasteiger partial charge < -0.3 is 9.47 Å². The fourth-order valence-corrected chi connectivity index (χ4v) is 4.29. The van der Waals surface area contributed by atoms with Crippen LogP contribution in [-0.2, 0) is 19.5 Å². The van der Waals surface area contributed by atoms with E-state index in [4.69, 9.17) is 10.1 Å². The summed E-state index contributed by atoms with van der Waals surface area (Å²) in [5.41, 5.74) is 5.98. The summed E-state index contributed by atoms with van der Waals surface area (Å²) in [7, 11) is 4.15. The third-order valence-electron chi connectivity index (χ3n) is 5.79. The standard InChI is InChI=1S/C24H26N6/c1-28(2)21-8-4-3-7-19(21)17-30-24(20-12-16-29-15-6-5-9-22(20)29)26-23(27-30)18-10-13-25-14-11-18/h3-4,7-8,10-14,16H,5-6,9,15,17H2,1-2H3. The Labute approximate surface area is 176 Å². The molecule has 5 rings (SSSR count). The summed E-state index contributed by atoms with van der Waals surface area (Å²) in [5.74, 6) is 1.68. The molecule has 6 heteroatoms. The molecule has 152 valence electrons. The highest BCUT2D eigenvalue weighted by atomic mass is 15.3. The molecule has 1 aliphatic rings. The second-order valence-electron chi connectivity index (χ2n) is 8.00. The topological polar surface area (TPSA) is 51.8 Å². The van der Waals surface area contributed by atoms with Crippen LogP contribution in [0.5, 0.6) is 0 Å². The minimum absolute atomic E-state index is 0.673. The van der Waals surface area contributed by atoms with Crippen LogP contribution in [0.3, 0.4) is 0 Å². The number of rotatable bonds is 5. The molecule has 6 nitrogen and oxygen atoms in total. The Balaban J connectivity index is 1.63. The molecule has 1 aromatic carbocycles. The van der Waals surface area contributed by atoms with Crippen LogP contribution in [0.2, 0.25) is 0 Å². The van der Waals surface area contributed by atoms with Crippen LogP contribution in [0.1, 0.15) is 24.1 Å². The molecular formula is C24H26N6. The largest absolute Gasteiger partial charge is 0.377 e. The molecule has 0 aliphatic carbocycles. The molecule has 0 atom stereocenters. The number of hydrogen-bond donors (Lipinski definition) is 0. The molecule has 4 heterocycles. The minimum atomic E-state index is 0.673. The first kappa shape index (κ1) is 18.6. The number of hydrogen-bond acceptors (Lipinski definition) is 4. The van der Waals surface area contributed by atoms with Crippen LogP contribution in [0.4, 0.5) is 5.69 Å². The lowest BCUT2D eigenvalue weighted by molar-refractivity contribution is 0.533. The highest BCUT2D eigenvalue weighted by Gasteiger charge is 2.21. The van der Waals surface area contributed by atoms with E-state index in [1.165, 1.54) is 35.3 Å². The van der Waals surface area contributed by atoms with Crippen molar-refractivity contribution in [3.05, 3.63) is 72.3 Å². The fourth-order valence-electron chi connectivity index (χ4n) is 4.29. The van der Waals surface area contributed by atoms with E-state index < -0.39 is 0 Å². The predicted octanol–water partition coefficient (Wildman–Crippen LogP) is 4.26. The Kier molecular flexibility index (Phi) is 4.83. The molecule has 0 bridgehead atoms. The van der Waals surface area contributed by atoms with Gasteiger partial charge in [0.1, 0.15) is 0 Å². The first-order chi connectivity index (χ1) is 14.7. The van der Waals surface area contributed by atoms with Gasteiger partial charge in [0, 0.05) is 61.7 Å². The van der Waals surface area contributed by atoms with Crippen LogP contribution in [-0.4, -0.2) is 38.4 Å². The van der Waals surface area contributed by atoms with Gasteiger partial charge in [0.15, 0.2) is 11.6 Å². The van der Waals surface area contributed by atoms with E-state index in [1.807, 2.05) is 12.1 Å². The number of benzene rings is 1. The second kappa shape index (κ2) is 7.78. The molecule has 0 fully saturated rings. The van der Waals surface area contributed by atoms with Crippen LogP contribution < -0.4 is 4.90 Å².